The van der Waals surface area contributed by atoms with Gasteiger partial charge in [-0.3, -0.25) is 4.79 Å². The molecule has 0 unspecified atom stereocenters. The second-order valence-corrected chi connectivity index (χ2v) is 6.37. The summed E-state index contributed by atoms with van der Waals surface area (Å²) in [5.74, 6) is -0.473. The third-order valence-electron chi connectivity index (χ3n) is 4.02. The van der Waals surface area contributed by atoms with Crippen molar-refractivity contribution >= 4 is 5.91 Å². The van der Waals surface area contributed by atoms with Gasteiger partial charge in [-0.25, -0.2) is 0 Å². The molecule has 2 atom stereocenters. The molecule has 128 valence electrons. The Bertz CT molecular complexity index is 560. The van der Waals surface area contributed by atoms with Crippen molar-refractivity contribution in [1.82, 2.24) is 15.1 Å². The van der Waals surface area contributed by atoms with E-state index in [2.05, 4.69) is 10.2 Å². The summed E-state index contributed by atoms with van der Waals surface area (Å²) in [6.07, 6.45) is -4.54. The SMILES string of the molecule is CN(C)C[C@@H]1CN(C)C[C@H]1NC(=O)c1ccccc1C(F)(F)F. The van der Waals surface area contributed by atoms with E-state index in [1.54, 1.807) is 0 Å². The standard InChI is InChI=1S/C16H22F3N3O/c1-21(2)8-11-9-22(3)10-14(11)20-15(23)12-6-4-5-7-13(12)16(17,18)19/h4-7,11,14H,8-10H2,1-3H3,(H,20,23)/t11-,14-/m1/s1. The van der Waals surface area contributed by atoms with Gasteiger partial charge < -0.3 is 15.1 Å². The summed E-state index contributed by atoms with van der Waals surface area (Å²) in [5.41, 5.74) is -1.22. The van der Waals surface area contributed by atoms with Crippen LogP contribution in [0.2, 0.25) is 0 Å². The first-order valence-corrected chi connectivity index (χ1v) is 7.49. The van der Waals surface area contributed by atoms with Crippen LogP contribution < -0.4 is 5.32 Å². The topological polar surface area (TPSA) is 35.6 Å². The molecule has 1 aliphatic rings. The van der Waals surface area contributed by atoms with Crippen molar-refractivity contribution < 1.29 is 18.0 Å². The highest BCUT2D eigenvalue weighted by atomic mass is 19.4. The highest BCUT2D eigenvalue weighted by Crippen LogP contribution is 2.32. The predicted molar refractivity (Wildman–Crippen MR) is 82.2 cm³/mol. The van der Waals surface area contributed by atoms with E-state index in [0.717, 1.165) is 19.2 Å². The van der Waals surface area contributed by atoms with Gasteiger partial charge in [-0.1, -0.05) is 12.1 Å². The second-order valence-electron chi connectivity index (χ2n) is 6.37. The smallest absolute Gasteiger partial charge is 0.348 e. The lowest BCUT2D eigenvalue weighted by Gasteiger charge is -2.23. The van der Waals surface area contributed by atoms with Crippen LogP contribution in [-0.4, -0.2) is 62.5 Å². The van der Waals surface area contributed by atoms with Crippen LogP contribution in [0.25, 0.3) is 0 Å². The molecule has 7 heteroatoms. The first-order valence-electron chi connectivity index (χ1n) is 7.49. The van der Waals surface area contributed by atoms with Gasteiger partial charge in [0.1, 0.15) is 0 Å². The van der Waals surface area contributed by atoms with Crippen molar-refractivity contribution in [2.24, 2.45) is 5.92 Å². The zero-order valence-electron chi connectivity index (χ0n) is 13.5. The maximum atomic E-state index is 13.0. The molecule has 0 aromatic heterocycles. The van der Waals surface area contributed by atoms with Crippen molar-refractivity contribution in [3.05, 3.63) is 35.4 Å². The molecule has 0 bridgehead atoms. The molecular weight excluding hydrogens is 307 g/mol. The molecular formula is C16H22F3N3O. The van der Waals surface area contributed by atoms with Gasteiger partial charge in [0.25, 0.3) is 5.91 Å². The third kappa shape index (κ3) is 4.45. The predicted octanol–water partition coefficient (Wildman–Crippen LogP) is 1.93. The lowest BCUT2D eigenvalue weighted by atomic mass is 10.0. The normalized spacial score (nSPS) is 22.6. The molecule has 0 saturated carbocycles. The van der Waals surface area contributed by atoms with E-state index in [9.17, 15) is 18.0 Å². The van der Waals surface area contributed by atoms with E-state index in [1.807, 2.05) is 26.0 Å². The van der Waals surface area contributed by atoms with Crippen LogP contribution in [0.4, 0.5) is 13.2 Å². The lowest BCUT2D eigenvalue weighted by molar-refractivity contribution is -0.137. The summed E-state index contributed by atoms with van der Waals surface area (Å²) < 4.78 is 39.1. The summed E-state index contributed by atoms with van der Waals surface area (Å²) in [7, 11) is 5.82. The first kappa shape index (κ1) is 17.7. The van der Waals surface area contributed by atoms with Crippen molar-refractivity contribution in [1.29, 1.82) is 0 Å². The number of carbonyl (C=O) groups excluding carboxylic acids is 1. The molecule has 0 radical (unpaired) electrons. The zero-order chi connectivity index (χ0) is 17.2. The molecule has 0 aliphatic carbocycles. The van der Waals surface area contributed by atoms with Gasteiger partial charge in [-0.2, -0.15) is 13.2 Å². The maximum absolute atomic E-state index is 13.0. The zero-order valence-corrected chi connectivity index (χ0v) is 13.5. The lowest BCUT2D eigenvalue weighted by Crippen LogP contribution is -2.43. The van der Waals surface area contributed by atoms with Crippen molar-refractivity contribution in [2.45, 2.75) is 12.2 Å². The molecule has 1 aromatic carbocycles. The molecule has 1 N–H and O–H groups in total. The number of hydrogen-bond donors (Lipinski definition) is 1. The van der Waals surface area contributed by atoms with Gasteiger partial charge in [0, 0.05) is 31.6 Å². The minimum atomic E-state index is -4.54. The summed E-state index contributed by atoms with van der Waals surface area (Å²) in [6.45, 7) is 2.22. The number of nitrogens with zero attached hydrogens (tertiary/aromatic N) is 2. The minimum absolute atomic E-state index is 0.156. The fraction of sp³-hybridized carbons (Fsp3) is 0.562. The Kier molecular flexibility index (Phi) is 5.31. The summed E-state index contributed by atoms with van der Waals surface area (Å²) in [6, 6.07) is 4.74. The van der Waals surface area contributed by atoms with Gasteiger partial charge in [0.15, 0.2) is 0 Å². The van der Waals surface area contributed by atoms with Crippen LogP contribution in [0.15, 0.2) is 24.3 Å². The quantitative estimate of drug-likeness (QED) is 0.917. The number of nitrogens with one attached hydrogen (secondary N) is 1. The van der Waals surface area contributed by atoms with Crippen molar-refractivity contribution in [3.63, 3.8) is 0 Å². The number of hydrogen-bond acceptors (Lipinski definition) is 3. The monoisotopic (exact) mass is 329 g/mol. The van der Waals surface area contributed by atoms with Crippen molar-refractivity contribution in [3.8, 4) is 0 Å². The molecule has 1 saturated heterocycles. The van der Waals surface area contributed by atoms with Crippen LogP contribution in [0.5, 0.6) is 0 Å². The van der Waals surface area contributed by atoms with Gasteiger partial charge in [-0.05, 0) is 33.3 Å². The van der Waals surface area contributed by atoms with Crippen LogP contribution in [0, 0.1) is 5.92 Å². The molecule has 0 spiro atoms. The highest BCUT2D eigenvalue weighted by molar-refractivity contribution is 5.96. The highest BCUT2D eigenvalue weighted by Gasteiger charge is 2.37. The van der Waals surface area contributed by atoms with Crippen LogP contribution in [-0.2, 0) is 6.18 Å². The summed E-state index contributed by atoms with van der Waals surface area (Å²) in [4.78, 5) is 16.5. The van der Waals surface area contributed by atoms with E-state index in [4.69, 9.17) is 0 Å². The fourth-order valence-electron chi connectivity index (χ4n) is 3.08. The molecule has 1 fully saturated rings. The maximum Gasteiger partial charge on any atom is 0.417 e. The molecule has 4 nitrogen and oxygen atoms in total. The summed E-state index contributed by atoms with van der Waals surface area (Å²) >= 11 is 0. The Labute approximate surface area is 134 Å². The van der Waals surface area contributed by atoms with Crippen molar-refractivity contribution in [2.75, 3.05) is 40.8 Å². The first-order chi connectivity index (χ1) is 10.7. The number of alkyl halides is 3. The Morgan fingerprint density at radius 3 is 2.57 bits per heavy atom. The molecule has 23 heavy (non-hydrogen) atoms. The van der Waals surface area contributed by atoms with Gasteiger partial charge in [-0.15, -0.1) is 0 Å². The van der Waals surface area contributed by atoms with E-state index in [0.29, 0.717) is 6.54 Å². The molecule has 1 heterocycles. The van der Waals surface area contributed by atoms with Gasteiger partial charge >= 0.3 is 6.18 Å². The van der Waals surface area contributed by atoms with E-state index < -0.39 is 17.6 Å². The number of benzene rings is 1. The van der Waals surface area contributed by atoms with E-state index in [-0.39, 0.29) is 17.5 Å². The number of likely N-dealkylation sites (tertiary alicyclic amines) is 1. The Hall–Kier alpha value is -1.60. The second kappa shape index (κ2) is 6.88. The number of halogens is 3. The Balaban J connectivity index is 2.16. The molecule has 1 aliphatic heterocycles. The van der Waals surface area contributed by atoms with E-state index >= 15 is 0 Å². The van der Waals surface area contributed by atoms with Gasteiger partial charge in [0.2, 0.25) is 0 Å². The van der Waals surface area contributed by atoms with Gasteiger partial charge in [0.05, 0.1) is 11.1 Å². The molecule has 1 aromatic rings. The molecule has 2 rings (SSSR count). The Morgan fingerprint density at radius 1 is 1.30 bits per heavy atom. The Morgan fingerprint density at radius 2 is 1.96 bits per heavy atom. The fourth-order valence-corrected chi connectivity index (χ4v) is 3.08. The van der Waals surface area contributed by atoms with Crippen LogP contribution >= 0.6 is 0 Å². The molecule has 1 amide bonds. The number of likely N-dealkylation sites (N-methyl/N-ethyl adjacent to an activating group) is 1. The minimum Gasteiger partial charge on any atom is -0.348 e. The average molecular weight is 329 g/mol. The third-order valence-corrected chi connectivity index (χ3v) is 4.02. The number of carbonyl (C=O) groups is 1. The van der Waals surface area contributed by atoms with Crippen LogP contribution in [0.3, 0.4) is 0 Å². The van der Waals surface area contributed by atoms with E-state index in [1.165, 1.54) is 18.2 Å². The summed E-state index contributed by atoms with van der Waals surface area (Å²) in [5, 5.41) is 2.79. The largest absolute Gasteiger partial charge is 0.417 e. The average Bonchev–Trinajstić information content (AvgIpc) is 2.76. The number of rotatable bonds is 4. The van der Waals surface area contributed by atoms with Crippen LogP contribution in [0.1, 0.15) is 15.9 Å². The number of amides is 1.